The highest BCUT2D eigenvalue weighted by Gasteiger charge is 2.19. The van der Waals surface area contributed by atoms with Crippen molar-refractivity contribution >= 4 is 11.8 Å². The van der Waals surface area contributed by atoms with Gasteiger partial charge in [0, 0.05) is 38.9 Å². The summed E-state index contributed by atoms with van der Waals surface area (Å²) in [5.41, 5.74) is 6.41. The number of carbonyl (C=O) groups excluding carboxylic acids is 2. The molecule has 1 aliphatic heterocycles. The summed E-state index contributed by atoms with van der Waals surface area (Å²) in [6, 6.07) is 15.4. The fourth-order valence-corrected chi connectivity index (χ4v) is 2.88. The second-order valence-corrected chi connectivity index (χ2v) is 6.26. The Labute approximate surface area is 153 Å². The molecule has 2 N–H and O–H groups in total. The van der Waals surface area contributed by atoms with Crippen LogP contribution in [0.1, 0.15) is 16.1 Å². The average Bonchev–Trinajstić information content (AvgIpc) is 2.69. The van der Waals surface area contributed by atoms with Gasteiger partial charge in [0.1, 0.15) is 5.69 Å². The van der Waals surface area contributed by atoms with Crippen LogP contribution < -0.4 is 10.9 Å². The Bertz CT molecular complexity index is 715. The molecule has 1 aromatic heterocycles. The third kappa shape index (κ3) is 5.37. The molecule has 2 aromatic rings. The van der Waals surface area contributed by atoms with Crippen LogP contribution in [0.2, 0.25) is 0 Å². The van der Waals surface area contributed by atoms with Gasteiger partial charge in [-0.25, -0.2) is 0 Å². The summed E-state index contributed by atoms with van der Waals surface area (Å²) in [4.78, 5) is 32.3. The predicted octanol–water partition coefficient (Wildman–Crippen LogP) is 0.660. The zero-order valence-corrected chi connectivity index (χ0v) is 14.6. The van der Waals surface area contributed by atoms with E-state index >= 15 is 0 Å². The van der Waals surface area contributed by atoms with Crippen LogP contribution >= 0.6 is 0 Å². The van der Waals surface area contributed by atoms with Crippen molar-refractivity contribution in [1.82, 2.24) is 25.6 Å². The Hall–Kier alpha value is -2.77. The second kappa shape index (κ2) is 9.07. The number of hydrogen-bond donors (Lipinski definition) is 2. The van der Waals surface area contributed by atoms with Gasteiger partial charge in [-0.2, -0.15) is 0 Å². The number of nitrogens with one attached hydrogen (secondary N) is 2. The Balaban J connectivity index is 1.36. The monoisotopic (exact) mass is 353 g/mol. The lowest BCUT2D eigenvalue weighted by molar-refractivity contribution is -0.123. The zero-order chi connectivity index (χ0) is 18.2. The highest BCUT2D eigenvalue weighted by Crippen LogP contribution is 2.08. The lowest BCUT2D eigenvalue weighted by Crippen LogP contribution is -2.51. The van der Waals surface area contributed by atoms with Gasteiger partial charge in [0.05, 0.1) is 6.54 Å². The van der Waals surface area contributed by atoms with Gasteiger partial charge in [0.2, 0.25) is 0 Å². The van der Waals surface area contributed by atoms with E-state index in [9.17, 15) is 9.59 Å². The minimum absolute atomic E-state index is 0.231. The topological polar surface area (TPSA) is 77.6 Å². The molecule has 2 heterocycles. The SMILES string of the molecule is O=C(CN1CCN(Cc2ccccc2)CC1)NNC(=O)c1ccccn1. The van der Waals surface area contributed by atoms with Crippen molar-refractivity contribution in [3.8, 4) is 0 Å². The van der Waals surface area contributed by atoms with Crippen molar-refractivity contribution in [2.75, 3.05) is 32.7 Å². The number of amides is 2. The van der Waals surface area contributed by atoms with E-state index in [0.29, 0.717) is 0 Å². The number of nitrogens with zero attached hydrogens (tertiary/aromatic N) is 3. The smallest absolute Gasteiger partial charge is 0.288 e. The summed E-state index contributed by atoms with van der Waals surface area (Å²) in [6.45, 7) is 4.69. The number of aromatic nitrogens is 1. The van der Waals surface area contributed by atoms with E-state index in [1.54, 1.807) is 18.2 Å². The molecule has 2 amide bonds. The fraction of sp³-hybridized carbons (Fsp3) is 0.316. The molecule has 0 aliphatic carbocycles. The molecule has 3 rings (SSSR count). The van der Waals surface area contributed by atoms with Crippen molar-refractivity contribution in [1.29, 1.82) is 0 Å². The summed E-state index contributed by atoms with van der Waals surface area (Å²) in [7, 11) is 0. The Morgan fingerprint density at radius 3 is 2.27 bits per heavy atom. The van der Waals surface area contributed by atoms with E-state index in [0.717, 1.165) is 32.7 Å². The molecule has 0 atom stereocenters. The van der Waals surface area contributed by atoms with Crippen LogP contribution in [0.25, 0.3) is 0 Å². The minimum Gasteiger partial charge on any atom is -0.297 e. The van der Waals surface area contributed by atoms with Crippen LogP contribution in [-0.2, 0) is 11.3 Å². The van der Waals surface area contributed by atoms with E-state index in [1.807, 2.05) is 6.07 Å². The van der Waals surface area contributed by atoms with E-state index < -0.39 is 5.91 Å². The van der Waals surface area contributed by atoms with Gasteiger partial charge in [-0.05, 0) is 17.7 Å². The molecule has 0 radical (unpaired) electrons. The lowest BCUT2D eigenvalue weighted by Gasteiger charge is -2.34. The van der Waals surface area contributed by atoms with E-state index in [-0.39, 0.29) is 18.1 Å². The van der Waals surface area contributed by atoms with Crippen LogP contribution in [0, 0.1) is 0 Å². The number of carbonyl (C=O) groups is 2. The predicted molar refractivity (Wildman–Crippen MR) is 98.0 cm³/mol. The summed E-state index contributed by atoms with van der Waals surface area (Å²) >= 11 is 0. The van der Waals surface area contributed by atoms with Gasteiger partial charge >= 0.3 is 0 Å². The van der Waals surface area contributed by atoms with E-state index in [4.69, 9.17) is 0 Å². The molecule has 1 saturated heterocycles. The molecule has 1 fully saturated rings. The molecule has 136 valence electrons. The number of benzene rings is 1. The first kappa shape index (κ1) is 18.0. The van der Waals surface area contributed by atoms with E-state index in [1.165, 1.54) is 11.8 Å². The first-order valence-electron chi connectivity index (χ1n) is 8.69. The molecule has 0 unspecified atom stereocenters. The zero-order valence-electron chi connectivity index (χ0n) is 14.6. The molecule has 7 heteroatoms. The van der Waals surface area contributed by atoms with Gasteiger partial charge < -0.3 is 0 Å². The van der Waals surface area contributed by atoms with Crippen LogP contribution in [0.3, 0.4) is 0 Å². The second-order valence-electron chi connectivity index (χ2n) is 6.26. The van der Waals surface area contributed by atoms with Crippen molar-refractivity contribution in [2.24, 2.45) is 0 Å². The molecule has 0 saturated carbocycles. The average molecular weight is 353 g/mol. The van der Waals surface area contributed by atoms with E-state index in [2.05, 4.69) is 49.9 Å². The first-order valence-corrected chi connectivity index (χ1v) is 8.69. The third-order valence-corrected chi connectivity index (χ3v) is 4.29. The molecule has 7 nitrogen and oxygen atoms in total. The maximum atomic E-state index is 12.0. The molecular formula is C19H23N5O2. The van der Waals surface area contributed by atoms with Crippen LogP contribution in [0.4, 0.5) is 0 Å². The molecule has 0 spiro atoms. The van der Waals surface area contributed by atoms with Gasteiger partial charge in [0.15, 0.2) is 0 Å². The summed E-state index contributed by atoms with van der Waals surface area (Å²) in [5.74, 6) is -0.655. The number of hydrogen-bond acceptors (Lipinski definition) is 5. The van der Waals surface area contributed by atoms with Gasteiger partial charge in [-0.1, -0.05) is 36.4 Å². The van der Waals surface area contributed by atoms with Crippen LogP contribution in [0.15, 0.2) is 54.7 Å². The molecule has 0 bridgehead atoms. The molecule has 1 aromatic carbocycles. The quantitative estimate of drug-likeness (QED) is 0.772. The molecule has 26 heavy (non-hydrogen) atoms. The van der Waals surface area contributed by atoms with Crippen molar-refractivity contribution < 1.29 is 9.59 Å². The van der Waals surface area contributed by atoms with Crippen molar-refractivity contribution in [3.05, 3.63) is 66.0 Å². The number of rotatable bonds is 5. The summed E-state index contributed by atoms with van der Waals surface area (Å²) in [6.07, 6.45) is 1.53. The normalized spacial score (nSPS) is 15.4. The largest absolute Gasteiger partial charge is 0.297 e. The third-order valence-electron chi connectivity index (χ3n) is 4.29. The maximum Gasteiger partial charge on any atom is 0.288 e. The number of pyridine rings is 1. The fourth-order valence-electron chi connectivity index (χ4n) is 2.88. The number of piperazine rings is 1. The maximum absolute atomic E-state index is 12.0. The Morgan fingerprint density at radius 1 is 0.885 bits per heavy atom. The Morgan fingerprint density at radius 2 is 1.58 bits per heavy atom. The van der Waals surface area contributed by atoms with Crippen molar-refractivity contribution in [2.45, 2.75) is 6.54 Å². The van der Waals surface area contributed by atoms with Crippen LogP contribution in [-0.4, -0.2) is 59.3 Å². The highest BCUT2D eigenvalue weighted by molar-refractivity contribution is 5.93. The van der Waals surface area contributed by atoms with Gasteiger partial charge in [-0.15, -0.1) is 0 Å². The highest BCUT2D eigenvalue weighted by atomic mass is 16.2. The lowest BCUT2D eigenvalue weighted by atomic mass is 10.2. The summed E-state index contributed by atoms with van der Waals surface area (Å²) < 4.78 is 0. The van der Waals surface area contributed by atoms with Crippen molar-refractivity contribution in [3.63, 3.8) is 0 Å². The number of hydrazine groups is 1. The van der Waals surface area contributed by atoms with Crippen LogP contribution in [0.5, 0.6) is 0 Å². The summed E-state index contributed by atoms with van der Waals surface area (Å²) in [5, 5.41) is 0. The standard InChI is InChI=1S/C19H23N5O2/c25-18(21-22-19(26)17-8-4-5-9-20-17)15-24-12-10-23(11-13-24)14-16-6-2-1-3-7-16/h1-9H,10-15H2,(H,21,25)(H,22,26). The van der Waals surface area contributed by atoms with Gasteiger partial charge in [-0.3, -0.25) is 35.2 Å². The molecular weight excluding hydrogens is 330 g/mol. The first-order chi connectivity index (χ1) is 12.7. The molecule has 1 aliphatic rings. The minimum atomic E-state index is -0.424. The Kier molecular flexibility index (Phi) is 6.29. The van der Waals surface area contributed by atoms with Gasteiger partial charge in [0.25, 0.3) is 11.8 Å².